The van der Waals surface area contributed by atoms with Crippen molar-refractivity contribution in [3.8, 4) is 0 Å². The number of hydrogen-bond donors (Lipinski definition) is 1. The Morgan fingerprint density at radius 3 is 3.00 bits per heavy atom. The van der Waals surface area contributed by atoms with Gasteiger partial charge >= 0.3 is 0 Å². The summed E-state index contributed by atoms with van der Waals surface area (Å²) in [4.78, 5) is 18.9. The minimum absolute atomic E-state index is 0.0876. The number of carbonyl (C=O) groups is 1. The maximum Gasteiger partial charge on any atom is 0.251 e. The number of pyridine rings is 1. The van der Waals surface area contributed by atoms with Crippen LogP contribution in [0.5, 0.6) is 0 Å². The van der Waals surface area contributed by atoms with Gasteiger partial charge < -0.3 is 10.2 Å². The molecule has 1 saturated heterocycles. The Kier molecular flexibility index (Phi) is 4.59. The van der Waals surface area contributed by atoms with Crippen LogP contribution in [0.3, 0.4) is 0 Å². The number of benzene rings is 1. The highest BCUT2D eigenvalue weighted by Gasteiger charge is 2.25. The van der Waals surface area contributed by atoms with E-state index in [1.54, 1.807) is 30.5 Å². The number of nitrogens with one attached hydrogen (secondary N) is 1. The molecule has 1 aromatic heterocycles. The van der Waals surface area contributed by atoms with Crippen molar-refractivity contribution < 1.29 is 4.79 Å². The van der Waals surface area contributed by atoms with Crippen molar-refractivity contribution in [2.75, 3.05) is 18.0 Å². The van der Waals surface area contributed by atoms with Crippen LogP contribution in [0.1, 0.15) is 23.2 Å². The predicted molar refractivity (Wildman–Crippen MR) is 88.4 cm³/mol. The first kappa shape index (κ1) is 14.9. The van der Waals surface area contributed by atoms with Crippen molar-refractivity contribution in [3.05, 3.63) is 59.2 Å². The van der Waals surface area contributed by atoms with E-state index in [2.05, 4.69) is 15.2 Å². The van der Waals surface area contributed by atoms with Gasteiger partial charge in [0.1, 0.15) is 5.82 Å². The molecule has 1 aliphatic rings. The zero-order valence-corrected chi connectivity index (χ0v) is 13.0. The average molecular weight is 316 g/mol. The minimum Gasteiger partial charge on any atom is -0.352 e. The fourth-order valence-electron chi connectivity index (χ4n) is 2.82. The highest BCUT2D eigenvalue weighted by molar-refractivity contribution is 6.30. The van der Waals surface area contributed by atoms with E-state index in [9.17, 15) is 4.79 Å². The molecule has 1 fully saturated rings. The number of hydrogen-bond acceptors (Lipinski definition) is 3. The van der Waals surface area contributed by atoms with Crippen LogP contribution in [0.4, 0.5) is 5.82 Å². The normalized spacial score (nSPS) is 17.5. The standard InChI is InChI=1S/C17H18ClN3O/c18-14-6-3-5-13(11-14)17(22)20-12-15-7-4-10-21(15)16-8-1-2-9-19-16/h1-3,5-6,8-9,11,15H,4,7,10,12H2,(H,20,22). The van der Waals surface area contributed by atoms with Gasteiger partial charge in [0.05, 0.1) is 0 Å². The van der Waals surface area contributed by atoms with Crippen molar-refractivity contribution in [2.45, 2.75) is 18.9 Å². The molecule has 0 spiro atoms. The molecule has 1 unspecified atom stereocenters. The van der Waals surface area contributed by atoms with E-state index in [0.29, 0.717) is 17.1 Å². The monoisotopic (exact) mass is 315 g/mol. The van der Waals surface area contributed by atoms with Crippen molar-refractivity contribution in [1.82, 2.24) is 10.3 Å². The average Bonchev–Trinajstić information content (AvgIpc) is 3.02. The molecule has 4 nitrogen and oxygen atoms in total. The molecule has 1 aliphatic heterocycles. The largest absolute Gasteiger partial charge is 0.352 e. The van der Waals surface area contributed by atoms with Crippen LogP contribution < -0.4 is 10.2 Å². The van der Waals surface area contributed by atoms with E-state index in [0.717, 1.165) is 25.2 Å². The summed E-state index contributed by atoms with van der Waals surface area (Å²) in [6.45, 7) is 1.59. The summed E-state index contributed by atoms with van der Waals surface area (Å²) in [5.74, 6) is 0.886. The summed E-state index contributed by atoms with van der Waals surface area (Å²) in [5.41, 5.74) is 0.592. The molecular weight excluding hydrogens is 298 g/mol. The summed E-state index contributed by atoms with van der Waals surface area (Å²) in [6.07, 6.45) is 3.98. The van der Waals surface area contributed by atoms with Gasteiger partial charge in [0.25, 0.3) is 5.91 Å². The van der Waals surface area contributed by atoms with E-state index in [1.165, 1.54) is 0 Å². The number of carbonyl (C=O) groups excluding carboxylic acids is 1. The Morgan fingerprint density at radius 1 is 1.32 bits per heavy atom. The fraction of sp³-hybridized carbons (Fsp3) is 0.294. The van der Waals surface area contributed by atoms with Crippen LogP contribution in [-0.4, -0.2) is 30.0 Å². The number of anilines is 1. The zero-order valence-electron chi connectivity index (χ0n) is 12.2. The fourth-order valence-corrected chi connectivity index (χ4v) is 3.01. The Hall–Kier alpha value is -2.07. The van der Waals surface area contributed by atoms with Crippen LogP contribution >= 0.6 is 11.6 Å². The molecule has 1 amide bonds. The highest BCUT2D eigenvalue weighted by Crippen LogP contribution is 2.23. The molecule has 2 heterocycles. The first-order valence-corrected chi connectivity index (χ1v) is 7.83. The lowest BCUT2D eigenvalue weighted by Crippen LogP contribution is -2.40. The zero-order chi connectivity index (χ0) is 15.4. The van der Waals surface area contributed by atoms with Gasteiger partial charge in [-0.2, -0.15) is 0 Å². The van der Waals surface area contributed by atoms with Crippen molar-refractivity contribution in [1.29, 1.82) is 0 Å². The quantitative estimate of drug-likeness (QED) is 0.943. The summed E-state index contributed by atoms with van der Waals surface area (Å²) in [5, 5.41) is 3.57. The summed E-state index contributed by atoms with van der Waals surface area (Å²) < 4.78 is 0. The van der Waals surface area contributed by atoms with Gasteiger partial charge in [-0.05, 0) is 43.2 Å². The second-order valence-corrected chi connectivity index (χ2v) is 5.83. The predicted octanol–water partition coefficient (Wildman–Crippen LogP) is 3.13. The molecule has 1 atom stereocenters. The number of amides is 1. The molecule has 5 heteroatoms. The smallest absolute Gasteiger partial charge is 0.251 e. The van der Waals surface area contributed by atoms with Gasteiger partial charge in [0.2, 0.25) is 0 Å². The van der Waals surface area contributed by atoms with Crippen LogP contribution in [0.25, 0.3) is 0 Å². The number of nitrogens with zero attached hydrogens (tertiary/aromatic N) is 2. The van der Waals surface area contributed by atoms with E-state index in [4.69, 9.17) is 11.6 Å². The maximum absolute atomic E-state index is 12.2. The second-order valence-electron chi connectivity index (χ2n) is 5.40. The lowest BCUT2D eigenvalue weighted by Gasteiger charge is -2.25. The van der Waals surface area contributed by atoms with Gasteiger partial charge in [0, 0.05) is 35.9 Å². The maximum atomic E-state index is 12.2. The first-order valence-electron chi connectivity index (χ1n) is 7.45. The van der Waals surface area contributed by atoms with E-state index < -0.39 is 0 Å². The Balaban J connectivity index is 1.62. The topological polar surface area (TPSA) is 45.2 Å². The van der Waals surface area contributed by atoms with Crippen LogP contribution in [-0.2, 0) is 0 Å². The van der Waals surface area contributed by atoms with Gasteiger partial charge in [-0.25, -0.2) is 4.98 Å². The lowest BCUT2D eigenvalue weighted by atomic mass is 10.2. The SMILES string of the molecule is O=C(NCC1CCCN1c1ccccn1)c1cccc(Cl)c1. The molecular formula is C17H18ClN3O. The van der Waals surface area contributed by atoms with Crippen molar-refractivity contribution in [3.63, 3.8) is 0 Å². The second kappa shape index (κ2) is 6.79. The van der Waals surface area contributed by atoms with E-state index >= 15 is 0 Å². The molecule has 3 rings (SSSR count). The van der Waals surface area contributed by atoms with Gasteiger partial charge in [0.15, 0.2) is 0 Å². The van der Waals surface area contributed by atoms with E-state index in [1.807, 2.05) is 18.2 Å². The molecule has 0 saturated carbocycles. The van der Waals surface area contributed by atoms with Crippen LogP contribution in [0, 0.1) is 0 Å². The molecule has 0 radical (unpaired) electrons. The molecule has 22 heavy (non-hydrogen) atoms. The Bertz CT molecular complexity index is 647. The molecule has 114 valence electrons. The Labute approximate surface area is 135 Å². The third-order valence-corrected chi connectivity index (χ3v) is 4.14. The molecule has 1 aromatic carbocycles. The molecule has 0 aliphatic carbocycles. The number of aromatic nitrogens is 1. The lowest BCUT2D eigenvalue weighted by molar-refractivity contribution is 0.0951. The highest BCUT2D eigenvalue weighted by atomic mass is 35.5. The van der Waals surface area contributed by atoms with Crippen LogP contribution in [0.2, 0.25) is 5.02 Å². The minimum atomic E-state index is -0.0876. The molecule has 1 N–H and O–H groups in total. The van der Waals surface area contributed by atoms with Gasteiger partial charge in [-0.15, -0.1) is 0 Å². The van der Waals surface area contributed by atoms with Crippen molar-refractivity contribution in [2.24, 2.45) is 0 Å². The number of rotatable bonds is 4. The van der Waals surface area contributed by atoms with Gasteiger partial charge in [-0.1, -0.05) is 23.7 Å². The summed E-state index contributed by atoms with van der Waals surface area (Å²) in [7, 11) is 0. The third-order valence-electron chi connectivity index (χ3n) is 3.91. The number of halogens is 1. The van der Waals surface area contributed by atoms with Gasteiger partial charge in [-0.3, -0.25) is 4.79 Å². The van der Waals surface area contributed by atoms with E-state index in [-0.39, 0.29) is 11.9 Å². The summed E-state index contributed by atoms with van der Waals surface area (Å²) >= 11 is 5.92. The Morgan fingerprint density at radius 2 is 2.23 bits per heavy atom. The van der Waals surface area contributed by atoms with Crippen LogP contribution in [0.15, 0.2) is 48.7 Å². The van der Waals surface area contributed by atoms with Crippen molar-refractivity contribution >= 4 is 23.3 Å². The first-order chi connectivity index (χ1) is 10.7. The third kappa shape index (κ3) is 3.39. The summed E-state index contributed by atoms with van der Waals surface area (Å²) in [6, 6.07) is 13.2. The molecule has 2 aromatic rings. The molecule has 0 bridgehead atoms.